The molecule has 124 valence electrons. The fraction of sp³-hybridized carbons (Fsp3) is 0.444. The molecule has 0 unspecified atom stereocenters. The summed E-state index contributed by atoms with van der Waals surface area (Å²) in [5, 5.41) is 21.2. The summed E-state index contributed by atoms with van der Waals surface area (Å²) in [5.74, 6) is -0.217. The molecule has 1 aromatic rings. The van der Waals surface area contributed by atoms with Crippen LogP contribution in [0, 0.1) is 11.3 Å². The summed E-state index contributed by atoms with van der Waals surface area (Å²) in [5.41, 5.74) is 0.765. The normalized spacial score (nSPS) is 11.3. The summed E-state index contributed by atoms with van der Waals surface area (Å²) in [6, 6.07) is 8.28. The number of carbonyl (C=O) groups is 1. The Hall–Kier alpha value is -2.32. The van der Waals surface area contributed by atoms with Crippen molar-refractivity contribution in [3.63, 3.8) is 0 Å². The van der Waals surface area contributed by atoms with Crippen LogP contribution in [0.2, 0.25) is 0 Å². The van der Waals surface area contributed by atoms with E-state index in [0.717, 1.165) is 32.5 Å². The zero-order valence-corrected chi connectivity index (χ0v) is 13.9. The lowest BCUT2D eigenvalue weighted by Gasteiger charge is -2.20. The number of nitrogens with zero attached hydrogens (tertiary/aromatic N) is 2. The Morgan fingerprint density at radius 2 is 1.83 bits per heavy atom. The minimum atomic E-state index is -0.367. The third kappa shape index (κ3) is 6.98. The maximum Gasteiger partial charge on any atom is 0.261 e. The van der Waals surface area contributed by atoms with Crippen molar-refractivity contribution in [1.82, 2.24) is 10.2 Å². The lowest BCUT2D eigenvalue weighted by Crippen LogP contribution is -2.36. The van der Waals surface area contributed by atoms with E-state index in [2.05, 4.69) is 24.1 Å². The van der Waals surface area contributed by atoms with Gasteiger partial charge in [-0.25, -0.2) is 0 Å². The first kappa shape index (κ1) is 18.7. The molecular weight excluding hydrogens is 290 g/mol. The molecule has 0 spiro atoms. The number of nitrogens with one attached hydrogen (secondary N) is 1. The Balaban J connectivity index is 2.57. The van der Waals surface area contributed by atoms with Crippen molar-refractivity contribution >= 4 is 12.0 Å². The first-order chi connectivity index (χ1) is 11.1. The molecule has 0 aliphatic carbocycles. The second-order valence-electron chi connectivity index (χ2n) is 5.36. The van der Waals surface area contributed by atoms with E-state index in [1.807, 2.05) is 6.07 Å². The average Bonchev–Trinajstić information content (AvgIpc) is 2.54. The first-order valence-corrected chi connectivity index (χ1v) is 8.02. The summed E-state index contributed by atoms with van der Waals surface area (Å²) >= 11 is 0. The number of amides is 1. The number of aromatic hydroxyl groups is 1. The van der Waals surface area contributed by atoms with Gasteiger partial charge in [0.2, 0.25) is 0 Å². The van der Waals surface area contributed by atoms with Gasteiger partial charge < -0.3 is 15.3 Å². The van der Waals surface area contributed by atoms with Gasteiger partial charge in [-0.15, -0.1) is 0 Å². The van der Waals surface area contributed by atoms with Crippen molar-refractivity contribution in [2.45, 2.75) is 26.7 Å². The molecule has 0 fully saturated rings. The van der Waals surface area contributed by atoms with E-state index in [9.17, 15) is 9.90 Å². The van der Waals surface area contributed by atoms with Gasteiger partial charge in [-0.05, 0) is 49.7 Å². The SMILES string of the molecule is CCCN(CCC)CCNC(=O)/C(C#N)=C/c1ccc(O)cc1. The van der Waals surface area contributed by atoms with Crippen molar-refractivity contribution < 1.29 is 9.90 Å². The molecule has 1 aromatic carbocycles. The molecule has 0 atom stereocenters. The largest absolute Gasteiger partial charge is 0.508 e. The number of nitriles is 1. The number of hydrogen-bond donors (Lipinski definition) is 2. The van der Waals surface area contributed by atoms with Crippen LogP contribution < -0.4 is 5.32 Å². The molecule has 0 aliphatic heterocycles. The van der Waals surface area contributed by atoms with E-state index < -0.39 is 0 Å². The molecular formula is C18H25N3O2. The van der Waals surface area contributed by atoms with Gasteiger partial charge in [0.15, 0.2) is 0 Å². The van der Waals surface area contributed by atoms with Crippen LogP contribution in [0.3, 0.4) is 0 Å². The van der Waals surface area contributed by atoms with Crippen molar-refractivity contribution in [1.29, 1.82) is 5.26 Å². The van der Waals surface area contributed by atoms with Gasteiger partial charge in [-0.1, -0.05) is 26.0 Å². The highest BCUT2D eigenvalue weighted by atomic mass is 16.3. The van der Waals surface area contributed by atoms with Crippen molar-refractivity contribution in [2.75, 3.05) is 26.2 Å². The maximum absolute atomic E-state index is 12.1. The molecule has 1 rings (SSSR count). The predicted molar refractivity (Wildman–Crippen MR) is 91.7 cm³/mol. The summed E-state index contributed by atoms with van der Waals surface area (Å²) in [6.07, 6.45) is 3.68. The number of benzene rings is 1. The minimum absolute atomic E-state index is 0.0632. The molecule has 0 aliphatic rings. The second kappa shape index (κ2) is 10.4. The minimum Gasteiger partial charge on any atom is -0.508 e. The van der Waals surface area contributed by atoms with Crippen LogP contribution in [0.15, 0.2) is 29.8 Å². The van der Waals surface area contributed by atoms with Crippen molar-refractivity contribution in [3.8, 4) is 11.8 Å². The molecule has 0 heterocycles. The maximum atomic E-state index is 12.1. The Labute approximate surface area is 138 Å². The van der Waals surface area contributed by atoms with Gasteiger partial charge >= 0.3 is 0 Å². The highest BCUT2D eigenvalue weighted by Crippen LogP contribution is 2.12. The zero-order valence-electron chi connectivity index (χ0n) is 13.9. The Morgan fingerprint density at radius 3 is 2.35 bits per heavy atom. The summed E-state index contributed by atoms with van der Waals surface area (Å²) in [4.78, 5) is 14.4. The van der Waals surface area contributed by atoms with Crippen LogP contribution in [0.1, 0.15) is 32.3 Å². The van der Waals surface area contributed by atoms with Crippen LogP contribution in [-0.2, 0) is 4.79 Å². The molecule has 5 heteroatoms. The molecule has 0 bridgehead atoms. The van der Waals surface area contributed by atoms with Crippen LogP contribution in [0.25, 0.3) is 6.08 Å². The van der Waals surface area contributed by atoms with Gasteiger partial charge in [-0.2, -0.15) is 5.26 Å². The summed E-state index contributed by atoms with van der Waals surface area (Å²) in [6.45, 7) is 7.60. The molecule has 23 heavy (non-hydrogen) atoms. The Kier molecular flexibility index (Phi) is 8.48. The molecule has 5 nitrogen and oxygen atoms in total. The lowest BCUT2D eigenvalue weighted by molar-refractivity contribution is -0.117. The number of phenols is 1. The van der Waals surface area contributed by atoms with Gasteiger partial charge in [0.1, 0.15) is 17.4 Å². The number of rotatable bonds is 9. The lowest BCUT2D eigenvalue weighted by atomic mass is 10.1. The monoisotopic (exact) mass is 315 g/mol. The first-order valence-electron chi connectivity index (χ1n) is 8.02. The third-order valence-corrected chi connectivity index (χ3v) is 3.36. The third-order valence-electron chi connectivity index (χ3n) is 3.36. The van der Waals surface area contributed by atoms with Crippen molar-refractivity contribution in [2.24, 2.45) is 0 Å². The Bertz CT molecular complexity index is 553. The van der Waals surface area contributed by atoms with Crippen LogP contribution in [0.5, 0.6) is 5.75 Å². The van der Waals surface area contributed by atoms with Crippen LogP contribution in [0.4, 0.5) is 0 Å². The standard InChI is InChI=1S/C18H25N3O2/c1-3-10-21(11-4-2)12-9-20-18(23)16(14-19)13-15-5-7-17(22)8-6-15/h5-8,13,22H,3-4,9-12H2,1-2H3,(H,20,23)/b16-13+. The fourth-order valence-corrected chi connectivity index (χ4v) is 2.28. The number of phenolic OH excluding ortho intramolecular Hbond substituents is 1. The number of hydrogen-bond acceptors (Lipinski definition) is 4. The Morgan fingerprint density at radius 1 is 1.22 bits per heavy atom. The molecule has 0 radical (unpaired) electrons. The second-order valence-corrected chi connectivity index (χ2v) is 5.36. The quantitative estimate of drug-likeness (QED) is 0.542. The van der Waals surface area contributed by atoms with Gasteiger partial charge in [0.25, 0.3) is 5.91 Å². The highest BCUT2D eigenvalue weighted by molar-refractivity contribution is 6.01. The molecule has 0 saturated carbocycles. The van der Waals surface area contributed by atoms with E-state index in [0.29, 0.717) is 12.1 Å². The fourth-order valence-electron chi connectivity index (χ4n) is 2.28. The van der Waals surface area contributed by atoms with Crippen LogP contribution >= 0.6 is 0 Å². The average molecular weight is 315 g/mol. The van der Waals surface area contributed by atoms with Crippen molar-refractivity contribution in [3.05, 3.63) is 35.4 Å². The molecule has 0 aromatic heterocycles. The predicted octanol–water partition coefficient (Wildman–Crippen LogP) is 2.54. The van der Waals surface area contributed by atoms with Gasteiger partial charge in [0, 0.05) is 13.1 Å². The topological polar surface area (TPSA) is 76.4 Å². The van der Waals surface area contributed by atoms with Gasteiger partial charge in [-0.3, -0.25) is 4.79 Å². The van der Waals surface area contributed by atoms with Crippen LogP contribution in [-0.4, -0.2) is 42.1 Å². The summed E-state index contributed by atoms with van der Waals surface area (Å²) < 4.78 is 0. The van der Waals surface area contributed by atoms with E-state index in [4.69, 9.17) is 5.26 Å². The smallest absolute Gasteiger partial charge is 0.261 e. The van der Waals surface area contributed by atoms with E-state index >= 15 is 0 Å². The molecule has 0 saturated heterocycles. The van der Waals surface area contributed by atoms with E-state index in [1.165, 1.54) is 18.2 Å². The number of carbonyl (C=O) groups excluding carboxylic acids is 1. The summed E-state index contributed by atoms with van der Waals surface area (Å²) in [7, 11) is 0. The molecule has 1 amide bonds. The highest BCUT2D eigenvalue weighted by Gasteiger charge is 2.09. The van der Waals surface area contributed by atoms with E-state index in [1.54, 1.807) is 12.1 Å². The molecule has 2 N–H and O–H groups in total. The van der Waals surface area contributed by atoms with E-state index in [-0.39, 0.29) is 17.2 Å². The van der Waals surface area contributed by atoms with Gasteiger partial charge in [0.05, 0.1) is 0 Å². The zero-order chi connectivity index (χ0) is 17.1.